The predicted octanol–water partition coefficient (Wildman–Crippen LogP) is 6.34. The van der Waals surface area contributed by atoms with Gasteiger partial charge in [-0.2, -0.15) is 35.6 Å². The van der Waals surface area contributed by atoms with E-state index in [4.69, 9.17) is 9.47 Å². The summed E-state index contributed by atoms with van der Waals surface area (Å²) in [6.45, 7) is 8.52. The molecule has 4 nitrogen and oxygen atoms in total. The van der Waals surface area contributed by atoms with E-state index in [0.29, 0.717) is 12.2 Å². The van der Waals surface area contributed by atoms with E-state index in [2.05, 4.69) is 62.1 Å². The summed E-state index contributed by atoms with van der Waals surface area (Å²) in [6, 6.07) is 25.2. The van der Waals surface area contributed by atoms with Crippen molar-refractivity contribution in [2.75, 3.05) is 31.7 Å². The Labute approximate surface area is 237 Å². The molecule has 174 valence electrons. The van der Waals surface area contributed by atoms with Gasteiger partial charge in [-0.25, -0.2) is 0 Å². The van der Waals surface area contributed by atoms with Gasteiger partial charge in [0.1, 0.15) is 6.61 Å². The molecule has 0 heterocycles. The van der Waals surface area contributed by atoms with Gasteiger partial charge in [0, 0.05) is 59.6 Å². The number of likely N-dealkylation sites (N-methyl/N-ethyl adjacent to an activating group) is 1. The second-order valence-corrected chi connectivity index (χ2v) is 7.77. The number of hydrogen-bond donors (Lipinski definition) is 0. The maximum Gasteiger partial charge on any atom is 0.161 e. The predicted molar refractivity (Wildman–Crippen MR) is 136 cm³/mol. The number of methoxy groups -OCH3 is 1. The molecule has 0 aliphatic carbocycles. The molecule has 3 aromatic carbocycles. The van der Waals surface area contributed by atoms with Crippen LogP contribution in [-0.2, 0) is 6.42 Å². The molecule has 0 saturated heterocycles. The van der Waals surface area contributed by atoms with E-state index in [1.807, 2.05) is 42.5 Å². The number of nitrogens with zero attached hydrogens (tertiary/aromatic N) is 2. The number of rotatable bonds is 10. The summed E-state index contributed by atoms with van der Waals surface area (Å²) in [6.07, 6.45) is 2.91. The summed E-state index contributed by atoms with van der Waals surface area (Å²) in [5, 5.41) is 9.61. The van der Waals surface area contributed by atoms with E-state index in [1.54, 1.807) is 7.11 Å². The van der Waals surface area contributed by atoms with Gasteiger partial charge in [0.15, 0.2) is 11.5 Å². The van der Waals surface area contributed by atoms with Crippen LogP contribution in [0.15, 0.2) is 60.7 Å². The summed E-state index contributed by atoms with van der Waals surface area (Å²) in [5.74, 6) is 1.54. The first-order valence-electron chi connectivity index (χ1n) is 11.3. The summed E-state index contributed by atoms with van der Waals surface area (Å²) in [4.78, 5) is 2.28. The van der Waals surface area contributed by atoms with Crippen LogP contribution in [0.4, 0.5) is 5.69 Å². The Bertz CT molecular complexity index is 1140. The van der Waals surface area contributed by atoms with E-state index in [9.17, 15) is 5.26 Å². The van der Waals surface area contributed by atoms with E-state index in [1.165, 1.54) is 5.56 Å². The van der Waals surface area contributed by atoms with Crippen molar-refractivity contribution in [1.82, 2.24) is 0 Å². The van der Waals surface area contributed by atoms with Crippen LogP contribution in [-0.4, -0.2) is 26.8 Å². The van der Waals surface area contributed by atoms with Crippen molar-refractivity contribution in [1.29, 1.82) is 5.26 Å². The molecule has 0 fully saturated rings. The summed E-state index contributed by atoms with van der Waals surface area (Å²) < 4.78 is 11.5. The number of aryl methyl sites for hydroxylation is 2. The Morgan fingerprint density at radius 1 is 1.06 bits per heavy atom. The summed E-state index contributed by atoms with van der Waals surface area (Å²) in [7, 11) is 1.67. The van der Waals surface area contributed by atoms with Crippen molar-refractivity contribution in [3.8, 4) is 17.6 Å². The van der Waals surface area contributed by atoms with E-state index >= 15 is 0 Å². The minimum absolute atomic E-state index is 0. The quantitative estimate of drug-likeness (QED) is 0.160. The molecule has 0 spiro atoms. The van der Waals surface area contributed by atoms with E-state index in [0.717, 1.165) is 53.4 Å². The average molecular weight is 580 g/mol. The first-order chi connectivity index (χ1) is 16.1. The third-order valence-electron chi connectivity index (χ3n) is 5.70. The molecule has 0 saturated carbocycles. The van der Waals surface area contributed by atoms with Crippen molar-refractivity contribution in [2.24, 2.45) is 0 Å². The van der Waals surface area contributed by atoms with Gasteiger partial charge in [-0.1, -0.05) is 19.1 Å². The number of anilines is 1. The number of benzene rings is 3. The summed E-state index contributed by atoms with van der Waals surface area (Å²) >= 11 is 0. The third kappa shape index (κ3) is 7.33. The van der Waals surface area contributed by atoms with Gasteiger partial charge in [0.05, 0.1) is 19.7 Å². The van der Waals surface area contributed by atoms with Crippen LogP contribution < -0.4 is 14.4 Å². The first kappa shape index (κ1) is 27.9. The maximum atomic E-state index is 9.61. The summed E-state index contributed by atoms with van der Waals surface area (Å²) in [5.41, 5.74) is 6.06. The van der Waals surface area contributed by atoms with Crippen LogP contribution in [0.1, 0.15) is 36.1 Å². The standard InChI is InChI=1S/C29H31N2O2.Ce/c1-5-23-12-15-28(29(19-23)32-4)33-17-16-31(6-2)27-14-13-25(22(3)18-27)20-26(21-30)24-10-8-7-9-11-24;/h8-15,18-20H,5-6,16-17H2,1-4H3;/q-1;/b26-20+;. The molecular formula is C29H31CeN2O2-. The molecule has 3 rings (SSSR count). The van der Waals surface area contributed by atoms with Gasteiger partial charge in [-0.3, -0.25) is 0 Å². The molecular weight excluding hydrogens is 548 g/mol. The molecule has 0 bridgehead atoms. The topological polar surface area (TPSA) is 45.5 Å². The Morgan fingerprint density at radius 2 is 1.82 bits per heavy atom. The van der Waals surface area contributed by atoms with Crippen LogP contribution >= 0.6 is 0 Å². The second kappa shape index (κ2) is 14.2. The van der Waals surface area contributed by atoms with Crippen LogP contribution in [0, 0.1) is 66.1 Å². The monoisotopic (exact) mass is 579 g/mol. The van der Waals surface area contributed by atoms with Crippen LogP contribution in [0.2, 0.25) is 0 Å². The Morgan fingerprint density at radius 3 is 2.44 bits per heavy atom. The average Bonchev–Trinajstić information content (AvgIpc) is 2.86. The number of ether oxygens (including phenoxy) is 2. The molecule has 0 aliphatic rings. The fraction of sp³-hybridized carbons (Fsp3) is 0.276. The van der Waals surface area contributed by atoms with Crippen molar-refractivity contribution < 1.29 is 51.2 Å². The molecule has 0 radical (unpaired) electrons. The molecule has 0 amide bonds. The molecule has 3 aromatic rings. The van der Waals surface area contributed by atoms with Crippen molar-refractivity contribution in [3.63, 3.8) is 0 Å². The number of hydrogen-bond acceptors (Lipinski definition) is 4. The van der Waals surface area contributed by atoms with Crippen LogP contribution in [0.3, 0.4) is 0 Å². The molecule has 0 N–H and O–H groups in total. The zero-order valence-corrected chi connectivity index (χ0v) is 23.5. The third-order valence-corrected chi connectivity index (χ3v) is 5.70. The molecule has 0 aromatic heterocycles. The van der Waals surface area contributed by atoms with Gasteiger partial charge in [0.2, 0.25) is 0 Å². The van der Waals surface area contributed by atoms with Crippen molar-refractivity contribution in [3.05, 3.63) is 89.0 Å². The molecule has 34 heavy (non-hydrogen) atoms. The largest absolute Gasteiger partial charge is 0.493 e. The van der Waals surface area contributed by atoms with Crippen molar-refractivity contribution in [2.45, 2.75) is 27.2 Å². The zero-order chi connectivity index (χ0) is 23.6. The minimum Gasteiger partial charge on any atom is -0.493 e. The van der Waals surface area contributed by atoms with Gasteiger partial charge in [-0.15, -0.1) is 5.56 Å². The second-order valence-electron chi connectivity index (χ2n) is 7.77. The molecule has 0 atom stereocenters. The van der Waals surface area contributed by atoms with Gasteiger partial charge < -0.3 is 14.4 Å². The number of allylic oxidation sites excluding steroid dienone is 1. The number of nitriles is 1. The van der Waals surface area contributed by atoms with Gasteiger partial charge in [-0.05, 0) is 67.3 Å². The van der Waals surface area contributed by atoms with Gasteiger partial charge in [0.25, 0.3) is 0 Å². The first-order valence-corrected chi connectivity index (χ1v) is 11.3. The zero-order valence-electron chi connectivity index (χ0n) is 20.4. The van der Waals surface area contributed by atoms with E-state index in [-0.39, 0.29) is 41.7 Å². The minimum atomic E-state index is 0. The van der Waals surface area contributed by atoms with Crippen molar-refractivity contribution >= 4 is 17.3 Å². The fourth-order valence-electron chi connectivity index (χ4n) is 3.71. The Hall–Kier alpha value is -2.33. The fourth-order valence-corrected chi connectivity index (χ4v) is 3.71. The van der Waals surface area contributed by atoms with Gasteiger partial charge >= 0.3 is 0 Å². The van der Waals surface area contributed by atoms with Crippen LogP contribution in [0.5, 0.6) is 11.5 Å². The smallest absolute Gasteiger partial charge is 0.161 e. The van der Waals surface area contributed by atoms with E-state index < -0.39 is 0 Å². The Kier molecular flexibility index (Phi) is 11.6. The SMILES string of the molecule is CCc1ccc(OCCN(CC)c2ccc(/C=C(\C#N)c3cc[c-]cc3)c(C)c2)c(OC)c1.[Ce]. The molecule has 0 aliphatic heterocycles. The van der Waals surface area contributed by atoms with Crippen LogP contribution in [0.25, 0.3) is 11.6 Å². The molecule has 5 heteroatoms. The maximum absolute atomic E-state index is 9.61. The normalized spacial score (nSPS) is 10.7. The molecule has 0 unspecified atom stereocenters. The Balaban J connectivity index is 0.00000408.